The van der Waals surface area contributed by atoms with Crippen molar-refractivity contribution in [3.8, 4) is 68.6 Å². The molecule has 5 aliphatic rings. The van der Waals surface area contributed by atoms with Crippen molar-refractivity contribution < 1.29 is 82.2 Å². The van der Waals surface area contributed by atoms with Gasteiger partial charge in [0.2, 0.25) is 11.2 Å². The minimum atomic E-state index is -1.32. The van der Waals surface area contributed by atoms with Gasteiger partial charge >= 0.3 is 295 Å². The third-order valence-corrected chi connectivity index (χ3v) is 19.4. The Morgan fingerprint density at radius 3 is 2.25 bits per heavy atom. The fourth-order valence-electron chi connectivity index (χ4n) is 14.0. The van der Waals surface area contributed by atoms with E-state index < -0.39 is 62.0 Å². The molecule has 0 spiro atoms. The van der Waals surface area contributed by atoms with Gasteiger partial charge in [-0.2, -0.15) is 0 Å². The zero-order valence-corrected chi connectivity index (χ0v) is 45.9. The number of hydrogen-bond acceptors (Lipinski definition) is 15. The van der Waals surface area contributed by atoms with E-state index in [-0.39, 0.29) is 111 Å². The van der Waals surface area contributed by atoms with Crippen molar-refractivity contribution in [2.45, 2.75) is 130 Å². The number of halogens is 1. The zero-order chi connectivity index (χ0) is 53.8. The normalized spacial score (nSPS) is 26.2. The van der Waals surface area contributed by atoms with E-state index in [1.54, 1.807) is 0 Å². The van der Waals surface area contributed by atoms with Crippen molar-refractivity contribution in [1.82, 2.24) is 0 Å². The molecule has 0 aliphatic heterocycles. The number of fused-ring (bicyclic) bond motifs is 7. The maximum absolute atomic E-state index is 13.9. The first kappa shape index (κ1) is 53.5. The molecule has 15 nitrogen and oxygen atoms in total. The molecular formula is C60H70IO15-. The Bertz CT molecular complexity index is 3190. The summed E-state index contributed by atoms with van der Waals surface area (Å²) >= 11 is -1.32. The SMILES string of the molecule is CC(C)CCC[C@@H](C)[C@H]1CC[C@H]2C3CC=C4CC(O[I-]Oc5cc(-c6oc7c(c(=O)c6O)C(OCCCOc6cc(O)cc8oc(-c9ccc(O)c(O)c9)c(O)c(=O)c68)=CC(O)C7)ccc5O)CC[C@]4(C)[C@H]3CC[C@]12C. The summed E-state index contributed by atoms with van der Waals surface area (Å²) in [4.78, 5) is 27.2. The predicted octanol–water partition coefficient (Wildman–Crippen LogP) is 8.78. The second-order valence-electron chi connectivity index (χ2n) is 23.0. The zero-order valence-electron chi connectivity index (χ0n) is 43.8. The van der Waals surface area contributed by atoms with E-state index in [2.05, 4.69) is 40.7 Å². The predicted molar refractivity (Wildman–Crippen MR) is 281 cm³/mol. The van der Waals surface area contributed by atoms with Gasteiger partial charge in [0.25, 0.3) is 0 Å². The van der Waals surface area contributed by atoms with Crippen LogP contribution < -0.4 is 40.7 Å². The van der Waals surface area contributed by atoms with Gasteiger partial charge in [-0.05, 0) is 24.1 Å². The van der Waals surface area contributed by atoms with Gasteiger partial charge < -0.3 is 29.6 Å². The molecule has 9 atom stereocenters. The number of phenolic OH excluding ortho intramolecular Hbond substituents is 4. The Hall–Kier alpha value is -5.85. The molecule has 2 heterocycles. The molecule has 3 saturated carbocycles. The standard InChI is InChI=1S/C60H70IO15/c1-31(2)8-6-9-32(3)40-14-15-41-39-13-12-35-26-38(18-20-59(35,4)42(39)19-21-60(40,41)5)75-61-76-46-25-34(11-17-44(46)65)58-56(70)54(68)52-48(28-37(63)30-50(52)74-58)72-23-7-22-71-47-27-36(62)29-49-51(47)53(67)55(69)57(73-49)33-10-16-43(64)45(66)24-33/h10-12,16-17,24-25,27-29,31-32,37-42,62-66,69-70H,6-9,13-15,18-23,26,30H2,1-5H3/q-1/t32-,37?,38?,39?,40-,41+,42+,59+,60-/m1/s1. The molecule has 7 N–H and O–H groups in total. The molecule has 5 aromatic rings. The van der Waals surface area contributed by atoms with Crippen LogP contribution in [-0.2, 0) is 14.2 Å². The van der Waals surface area contributed by atoms with Gasteiger partial charge in [0.15, 0.2) is 17.3 Å². The van der Waals surface area contributed by atoms with Gasteiger partial charge in [-0.25, -0.2) is 0 Å². The van der Waals surface area contributed by atoms with Crippen LogP contribution in [0, 0.1) is 46.3 Å². The van der Waals surface area contributed by atoms with Crippen LogP contribution in [0.3, 0.4) is 0 Å². The molecule has 3 unspecified atom stereocenters. The van der Waals surface area contributed by atoms with Crippen molar-refractivity contribution in [2.24, 2.45) is 46.3 Å². The number of hydrogen-bond donors (Lipinski definition) is 7. The fraction of sp³-hybridized carbons (Fsp3) is 0.500. The first-order valence-electron chi connectivity index (χ1n) is 26.9. The quantitative estimate of drug-likeness (QED) is 0.0199. The van der Waals surface area contributed by atoms with Crippen LogP contribution >= 0.6 is 0 Å². The summed E-state index contributed by atoms with van der Waals surface area (Å²) in [5.74, 6) is 1.43. The molecule has 5 aliphatic carbocycles. The summed E-state index contributed by atoms with van der Waals surface area (Å²) in [6.45, 7) is 12.2. The van der Waals surface area contributed by atoms with Crippen LogP contribution in [-0.4, -0.2) is 61.2 Å². The van der Waals surface area contributed by atoms with E-state index in [1.807, 2.05) is 0 Å². The number of aliphatic hydroxyl groups excluding tert-OH is 1. The monoisotopic (exact) mass is 1160 g/mol. The first-order valence-corrected chi connectivity index (χ1v) is 28.7. The van der Waals surface area contributed by atoms with Gasteiger partial charge in [-0.3, -0.25) is 4.79 Å². The second kappa shape index (κ2) is 21.5. The second-order valence-corrected chi connectivity index (χ2v) is 24.3. The maximum atomic E-state index is 13.9. The molecule has 0 radical (unpaired) electrons. The fourth-order valence-corrected chi connectivity index (χ4v) is 15.4. The summed E-state index contributed by atoms with van der Waals surface area (Å²) in [5, 5.41) is 73.8. The molecule has 0 bridgehead atoms. The summed E-state index contributed by atoms with van der Waals surface area (Å²) in [6.07, 6.45) is 16.4. The number of rotatable bonds is 17. The molecule has 3 aromatic carbocycles. The van der Waals surface area contributed by atoms with Crippen molar-refractivity contribution in [1.29, 1.82) is 0 Å². The molecule has 76 heavy (non-hydrogen) atoms. The van der Waals surface area contributed by atoms with E-state index in [0.29, 0.717) is 11.3 Å². The molecule has 408 valence electrons. The summed E-state index contributed by atoms with van der Waals surface area (Å²) in [7, 11) is 0. The van der Waals surface area contributed by atoms with Gasteiger partial charge in [-0.15, -0.1) is 0 Å². The summed E-state index contributed by atoms with van der Waals surface area (Å²) in [5.41, 5.74) is 0.674. The number of allylic oxidation sites excluding steroid dienone is 1. The van der Waals surface area contributed by atoms with Crippen LogP contribution in [0.1, 0.15) is 123 Å². The van der Waals surface area contributed by atoms with Gasteiger partial charge in [0, 0.05) is 17.7 Å². The third kappa shape index (κ3) is 10.1. The van der Waals surface area contributed by atoms with E-state index >= 15 is 0 Å². The Balaban J connectivity index is 0.752. The van der Waals surface area contributed by atoms with Crippen molar-refractivity contribution in [3.63, 3.8) is 0 Å². The van der Waals surface area contributed by atoms with E-state index in [1.165, 1.54) is 93.0 Å². The van der Waals surface area contributed by atoms with Gasteiger partial charge in [0.1, 0.15) is 22.5 Å². The topological polar surface area (TPSA) is 239 Å². The Morgan fingerprint density at radius 2 is 1.47 bits per heavy atom. The van der Waals surface area contributed by atoms with Gasteiger partial charge in [0.05, 0.1) is 6.61 Å². The van der Waals surface area contributed by atoms with Crippen molar-refractivity contribution >= 4 is 16.7 Å². The Labute approximate surface area is 453 Å². The van der Waals surface area contributed by atoms with E-state index in [0.717, 1.165) is 67.4 Å². The number of aliphatic hydroxyl groups is 1. The number of benzene rings is 3. The molecule has 10 rings (SSSR count). The molecule has 3 fully saturated rings. The van der Waals surface area contributed by atoms with Crippen LogP contribution in [0.2, 0.25) is 0 Å². The molecular weight excluding hydrogens is 1090 g/mol. The number of phenols is 4. The van der Waals surface area contributed by atoms with Crippen molar-refractivity contribution in [3.05, 3.63) is 98.0 Å². The first-order chi connectivity index (χ1) is 36.3. The van der Waals surface area contributed by atoms with Crippen LogP contribution in [0.25, 0.3) is 39.4 Å². The van der Waals surface area contributed by atoms with Crippen LogP contribution in [0.15, 0.2) is 84.7 Å². The van der Waals surface area contributed by atoms with Crippen LogP contribution in [0.5, 0.6) is 46.0 Å². The Morgan fingerprint density at radius 1 is 0.737 bits per heavy atom. The number of aromatic hydroxyl groups is 6. The van der Waals surface area contributed by atoms with Gasteiger partial charge in [-0.1, -0.05) is 26.7 Å². The summed E-state index contributed by atoms with van der Waals surface area (Å²) in [6, 6.07) is 10.3. The minimum absolute atomic E-state index is 0.0138. The van der Waals surface area contributed by atoms with E-state index in [9.17, 15) is 45.3 Å². The average Bonchev–Trinajstić information content (AvgIpc) is 3.78. The molecule has 0 saturated heterocycles. The number of ether oxygens (including phenoxy) is 2. The van der Waals surface area contributed by atoms with Crippen LogP contribution in [0.4, 0.5) is 0 Å². The Kier molecular flexibility index (Phi) is 15.2. The van der Waals surface area contributed by atoms with E-state index in [4.69, 9.17) is 24.4 Å². The molecule has 0 amide bonds. The van der Waals surface area contributed by atoms with Crippen molar-refractivity contribution in [2.75, 3.05) is 13.2 Å². The summed E-state index contributed by atoms with van der Waals surface area (Å²) < 4.78 is 36.3. The molecule has 16 heteroatoms. The average molecular weight is 1160 g/mol. The third-order valence-electron chi connectivity index (χ3n) is 17.9. The molecule has 2 aromatic heterocycles.